The molecule has 0 fully saturated rings. The van der Waals surface area contributed by atoms with Gasteiger partial charge in [-0.3, -0.25) is 0 Å². The van der Waals surface area contributed by atoms with Crippen molar-refractivity contribution in [2.75, 3.05) is 13.4 Å². The molecule has 3 nitrogen and oxygen atoms in total. The van der Waals surface area contributed by atoms with Crippen molar-refractivity contribution in [2.45, 2.75) is 26.9 Å². The van der Waals surface area contributed by atoms with E-state index < -0.39 is 6.10 Å². The molecule has 1 rings (SSSR count). The highest BCUT2D eigenvalue weighted by Gasteiger charge is 2.09. The van der Waals surface area contributed by atoms with Crippen LogP contribution in [0.1, 0.15) is 31.1 Å². The Morgan fingerprint density at radius 3 is 2.73 bits per heavy atom. The van der Waals surface area contributed by atoms with Crippen molar-refractivity contribution in [3.8, 4) is 5.75 Å². The van der Waals surface area contributed by atoms with Crippen molar-refractivity contribution >= 4 is 0 Å². The van der Waals surface area contributed by atoms with Crippen LogP contribution in [0.2, 0.25) is 0 Å². The highest BCUT2D eigenvalue weighted by molar-refractivity contribution is 5.38. The maximum Gasteiger partial charge on any atom is 0.189 e. The average Bonchev–Trinajstić information content (AvgIpc) is 2.20. The third-order valence-electron chi connectivity index (χ3n) is 2.12. The Balaban J connectivity index is 2.77. The van der Waals surface area contributed by atoms with Gasteiger partial charge < -0.3 is 14.6 Å². The summed E-state index contributed by atoms with van der Waals surface area (Å²) in [7, 11) is 0. The molecule has 0 saturated carbocycles. The SMILES string of the molecule is CCOCOc1ccc(C)cc1C(C)O. The smallest absolute Gasteiger partial charge is 0.189 e. The molecule has 1 aromatic rings. The minimum Gasteiger partial charge on any atom is -0.467 e. The van der Waals surface area contributed by atoms with Gasteiger partial charge in [0.1, 0.15) is 5.75 Å². The molecule has 1 aromatic carbocycles. The number of aliphatic hydroxyl groups excluding tert-OH is 1. The molecule has 0 bridgehead atoms. The molecule has 0 saturated heterocycles. The lowest BCUT2D eigenvalue weighted by Crippen LogP contribution is -2.05. The quantitative estimate of drug-likeness (QED) is 0.599. The number of benzene rings is 1. The minimum absolute atomic E-state index is 0.222. The number of aryl methyl sites for hydroxylation is 1. The Labute approximate surface area is 90.6 Å². The molecule has 1 atom stereocenters. The van der Waals surface area contributed by atoms with Crippen LogP contribution in [0.25, 0.3) is 0 Å². The third-order valence-corrected chi connectivity index (χ3v) is 2.12. The lowest BCUT2D eigenvalue weighted by molar-refractivity contribution is 0.0204. The van der Waals surface area contributed by atoms with Crippen LogP contribution >= 0.6 is 0 Å². The highest BCUT2D eigenvalue weighted by atomic mass is 16.7. The van der Waals surface area contributed by atoms with E-state index in [1.54, 1.807) is 6.92 Å². The van der Waals surface area contributed by atoms with Crippen LogP contribution in [0.4, 0.5) is 0 Å². The van der Waals surface area contributed by atoms with E-state index in [4.69, 9.17) is 9.47 Å². The van der Waals surface area contributed by atoms with Crippen LogP contribution in [-0.4, -0.2) is 18.5 Å². The summed E-state index contributed by atoms with van der Waals surface area (Å²) >= 11 is 0. The summed E-state index contributed by atoms with van der Waals surface area (Å²) in [5, 5.41) is 9.56. The Morgan fingerprint density at radius 2 is 2.13 bits per heavy atom. The van der Waals surface area contributed by atoms with Gasteiger partial charge in [-0.2, -0.15) is 0 Å². The molecule has 0 heterocycles. The Bertz CT molecular complexity index is 308. The fourth-order valence-corrected chi connectivity index (χ4v) is 1.31. The van der Waals surface area contributed by atoms with Crippen molar-refractivity contribution in [1.29, 1.82) is 0 Å². The van der Waals surface area contributed by atoms with Gasteiger partial charge in [0.25, 0.3) is 0 Å². The molecule has 0 aromatic heterocycles. The zero-order valence-corrected chi connectivity index (χ0v) is 9.49. The molecule has 0 amide bonds. The van der Waals surface area contributed by atoms with E-state index in [1.807, 2.05) is 32.0 Å². The maximum atomic E-state index is 9.56. The maximum absolute atomic E-state index is 9.56. The predicted octanol–water partition coefficient (Wildman–Crippen LogP) is 2.42. The largest absolute Gasteiger partial charge is 0.467 e. The van der Waals surface area contributed by atoms with E-state index in [1.165, 1.54) is 0 Å². The summed E-state index contributed by atoms with van der Waals surface area (Å²) < 4.78 is 10.5. The van der Waals surface area contributed by atoms with Gasteiger partial charge in [-0.1, -0.05) is 11.6 Å². The molecule has 1 unspecified atom stereocenters. The number of ether oxygens (including phenoxy) is 2. The van der Waals surface area contributed by atoms with Crippen LogP contribution in [0, 0.1) is 6.92 Å². The third kappa shape index (κ3) is 3.53. The molecule has 15 heavy (non-hydrogen) atoms. The van der Waals surface area contributed by atoms with E-state index in [9.17, 15) is 5.11 Å². The van der Waals surface area contributed by atoms with Gasteiger partial charge in [-0.15, -0.1) is 0 Å². The van der Waals surface area contributed by atoms with Crippen LogP contribution < -0.4 is 4.74 Å². The van der Waals surface area contributed by atoms with Gasteiger partial charge >= 0.3 is 0 Å². The van der Waals surface area contributed by atoms with Gasteiger partial charge in [-0.25, -0.2) is 0 Å². The minimum atomic E-state index is -0.526. The fraction of sp³-hybridized carbons (Fsp3) is 0.500. The highest BCUT2D eigenvalue weighted by Crippen LogP contribution is 2.26. The number of rotatable bonds is 5. The normalized spacial score (nSPS) is 12.5. The van der Waals surface area contributed by atoms with Crippen LogP contribution in [0.15, 0.2) is 18.2 Å². The Morgan fingerprint density at radius 1 is 1.40 bits per heavy atom. The second-order valence-electron chi connectivity index (χ2n) is 3.47. The number of aliphatic hydroxyl groups is 1. The molecular formula is C12H18O3. The lowest BCUT2D eigenvalue weighted by atomic mass is 10.1. The molecule has 3 heteroatoms. The number of hydrogen-bond acceptors (Lipinski definition) is 3. The lowest BCUT2D eigenvalue weighted by Gasteiger charge is -2.13. The van der Waals surface area contributed by atoms with Crippen molar-refractivity contribution in [2.24, 2.45) is 0 Å². The average molecular weight is 210 g/mol. The second-order valence-corrected chi connectivity index (χ2v) is 3.47. The van der Waals surface area contributed by atoms with E-state index in [2.05, 4.69) is 0 Å². The summed E-state index contributed by atoms with van der Waals surface area (Å²) in [6, 6.07) is 5.73. The van der Waals surface area contributed by atoms with Crippen molar-refractivity contribution in [1.82, 2.24) is 0 Å². The molecular weight excluding hydrogens is 192 g/mol. The van der Waals surface area contributed by atoms with Gasteiger partial charge in [0, 0.05) is 12.2 Å². The molecule has 1 N–H and O–H groups in total. The fourth-order valence-electron chi connectivity index (χ4n) is 1.31. The van der Waals surface area contributed by atoms with Gasteiger partial charge in [0.15, 0.2) is 6.79 Å². The summed E-state index contributed by atoms with van der Waals surface area (Å²) in [5.41, 5.74) is 1.91. The Hall–Kier alpha value is -1.06. The summed E-state index contributed by atoms with van der Waals surface area (Å²) in [6.45, 7) is 6.46. The van der Waals surface area contributed by atoms with E-state index in [-0.39, 0.29) is 6.79 Å². The van der Waals surface area contributed by atoms with Crippen LogP contribution in [-0.2, 0) is 4.74 Å². The first-order valence-electron chi connectivity index (χ1n) is 5.14. The standard InChI is InChI=1S/C12H18O3/c1-4-14-8-15-12-6-5-9(2)7-11(12)10(3)13/h5-7,10,13H,4,8H2,1-3H3. The zero-order valence-electron chi connectivity index (χ0n) is 9.49. The van der Waals surface area contributed by atoms with Crippen molar-refractivity contribution in [3.63, 3.8) is 0 Å². The Kier molecular flexibility index (Phi) is 4.59. The first-order valence-corrected chi connectivity index (χ1v) is 5.14. The summed E-state index contributed by atoms with van der Waals surface area (Å²) in [4.78, 5) is 0. The molecule has 0 aliphatic heterocycles. The van der Waals surface area contributed by atoms with Crippen LogP contribution in [0.3, 0.4) is 0 Å². The van der Waals surface area contributed by atoms with E-state index in [0.29, 0.717) is 12.4 Å². The summed E-state index contributed by atoms with van der Waals surface area (Å²) in [6.07, 6.45) is -0.526. The second kappa shape index (κ2) is 5.73. The molecule has 0 aliphatic rings. The van der Waals surface area contributed by atoms with Crippen molar-refractivity contribution < 1.29 is 14.6 Å². The van der Waals surface area contributed by atoms with Gasteiger partial charge in [0.05, 0.1) is 6.10 Å². The van der Waals surface area contributed by atoms with Crippen molar-refractivity contribution in [3.05, 3.63) is 29.3 Å². The van der Waals surface area contributed by atoms with Gasteiger partial charge in [0.2, 0.25) is 0 Å². The monoisotopic (exact) mass is 210 g/mol. The topological polar surface area (TPSA) is 38.7 Å². The molecule has 0 aliphatic carbocycles. The van der Waals surface area contributed by atoms with E-state index in [0.717, 1.165) is 11.1 Å². The zero-order chi connectivity index (χ0) is 11.3. The van der Waals surface area contributed by atoms with E-state index >= 15 is 0 Å². The predicted molar refractivity (Wildman–Crippen MR) is 58.9 cm³/mol. The van der Waals surface area contributed by atoms with Gasteiger partial charge in [-0.05, 0) is 32.9 Å². The number of hydrogen-bond donors (Lipinski definition) is 1. The van der Waals surface area contributed by atoms with Crippen LogP contribution in [0.5, 0.6) is 5.75 Å². The first kappa shape index (κ1) is 12.0. The molecule has 0 spiro atoms. The molecule has 84 valence electrons. The molecule has 0 radical (unpaired) electrons. The summed E-state index contributed by atoms with van der Waals surface area (Å²) in [5.74, 6) is 0.684. The first-order chi connectivity index (χ1) is 7.15.